The molecule has 0 fully saturated rings. The second-order valence-corrected chi connectivity index (χ2v) is 4.06. The summed E-state index contributed by atoms with van der Waals surface area (Å²) in [6.07, 6.45) is 1.16. The number of nitrogens with zero attached hydrogens (tertiary/aromatic N) is 3. The highest BCUT2D eigenvalue weighted by atomic mass is 15.4. The first-order valence-corrected chi connectivity index (χ1v) is 5.18. The smallest absolute Gasteiger partial charge is 0.0993 e. The SMILES string of the molecule is CNCc1nnn(CCC(C)C)c1C. The molecule has 4 heteroatoms. The second-order valence-electron chi connectivity index (χ2n) is 4.06. The third kappa shape index (κ3) is 2.80. The molecule has 0 unspecified atom stereocenters. The van der Waals surface area contributed by atoms with Crippen LogP contribution >= 0.6 is 0 Å². The monoisotopic (exact) mass is 196 g/mol. The lowest BCUT2D eigenvalue weighted by Gasteiger charge is -2.05. The fourth-order valence-corrected chi connectivity index (χ4v) is 1.32. The molecule has 0 aliphatic carbocycles. The lowest BCUT2D eigenvalue weighted by atomic mass is 10.1. The second kappa shape index (κ2) is 5.10. The quantitative estimate of drug-likeness (QED) is 0.773. The number of aryl methyl sites for hydroxylation is 1. The summed E-state index contributed by atoms with van der Waals surface area (Å²) < 4.78 is 1.99. The van der Waals surface area contributed by atoms with E-state index in [-0.39, 0.29) is 0 Å². The first kappa shape index (κ1) is 11.2. The van der Waals surface area contributed by atoms with E-state index in [0.29, 0.717) is 5.92 Å². The Kier molecular flexibility index (Phi) is 4.07. The topological polar surface area (TPSA) is 42.7 Å². The molecule has 0 spiro atoms. The molecule has 1 aromatic heterocycles. The van der Waals surface area contributed by atoms with E-state index in [1.165, 1.54) is 5.69 Å². The van der Waals surface area contributed by atoms with Crippen molar-refractivity contribution in [2.45, 2.75) is 40.3 Å². The molecule has 0 saturated carbocycles. The van der Waals surface area contributed by atoms with Gasteiger partial charge in [0.15, 0.2) is 0 Å². The van der Waals surface area contributed by atoms with Crippen molar-refractivity contribution in [3.05, 3.63) is 11.4 Å². The van der Waals surface area contributed by atoms with Gasteiger partial charge in [0.2, 0.25) is 0 Å². The van der Waals surface area contributed by atoms with Crippen LogP contribution in [0.5, 0.6) is 0 Å². The van der Waals surface area contributed by atoms with Crippen molar-refractivity contribution in [3.8, 4) is 0 Å². The van der Waals surface area contributed by atoms with E-state index in [2.05, 4.69) is 36.4 Å². The summed E-state index contributed by atoms with van der Waals surface area (Å²) >= 11 is 0. The summed E-state index contributed by atoms with van der Waals surface area (Å²) in [5.74, 6) is 0.714. The minimum Gasteiger partial charge on any atom is -0.314 e. The van der Waals surface area contributed by atoms with Crippen molar-refractivity contribution in [2.75, 3.05) is 7.05 Å². The first-order valence-electron chi connectivity index (χ1n) is 5.18. The molecule has 1 N–H and O–H groups in total. The van der Waals surface area contributed by atoms with Crippen LogP contribution in [-0.2, 0) is 13.1 Å². The summed E-state index contributed by atoms with van der Waals surface area (Å²) in [5.41, 5.74) is 2.23. The van der Waals surface area contributed by atoms with Crippen molar-refractivity contribution in [1.29, 1.82) is 0 Å². The van der Waals surface area contributed by atoms with Gasteiger partial charge < -0.3 is 5.32 Å². The Morgan fingerprint density at radius 2 is 2.14 bits per heavy atom. The molecule has 0 atom stereocenters. The molecule has 0 radical (unpaired) electrons. The Morgan fingerprint density at radius 1 is 1.43 bits per heavy atom. The number of hydrogen-bond acceptors (Lipinski definition) is 3. The van der Waals surface area contributed by atoms with E-state index >= 15 is 0 Å². The van der Waals surface area contributed by atoms with Crippen molar-refractivity contribution in [3.63, 3.8) is 0 Å². The minimum atomic E-state index is 0.714. The Hall–Kier alpha value is -0.900. The van der Waals surface area contributed by atoms with Crippen LogP contribution in [0.2, 0.25) is 0 Å². The molecular formula is C10H20N4. The fraction of sp³-hybridized carbons (Fsp3) is 0.800. The van der Waals surface area contributed by atoms with Gasteiger partial charge in [-0.05, 0) is 26.3 Å². The van der Waals surface area contributed by atoms with Gasteiger partial charge in [0, 0.05) is 13.1 Å². The maximum atomic E-state index is 4.13. The van der Waals surface area contributed by atoms with Gasteiger partial charge in [-0.3, -0.25) is 0 Å². The van der Waals surface area contributed by atoms with E-state index in [0.717, 1.165) is 25.2 Å². The minimum absolute atomic E-state index is 0.714. The van der Waals surface area contributed by atoms with Gasteiger partial charge in [0.1, 0.15) is 0 Å². The normalized spacial score (nSPS) is 11.2. The molecule has 0 aliphatic rings. The first-order chi connectivity index (χ1) is 6.65. The molecule has 0 bridgehead atoms. The average molecular weight is 196 g/mol. The predicted molar refractivity (Wildman–Crippen MR) is 57.0 cm³/mol. The van der Waals surface area contributed by atoms with Gasteiger partial charge >= 0.3 is 0 Å². The molecule has 0 amide bonds. The number of nitrogens with one attached hydrogen (secondary N) is 1. The van der Waals surface area contributed by atoms with Gasteiger partial charge in [-0.1, -0.05) is 19.1 Å². The predicted octanol–water partition coefficient (Wildman–Crippen LogP) is 1.35. The number of aromatic nitrogens is 3. The van der Waals surface area contributed by atoms with Crippen LogP contribution in [0.25, 0.3) is 0 Å². The van der Waals surface area contributed by atoms with Crippen LogP contribution in [0.1, 0.15) is 31.7 Å². The molecule has 1 aromatic rings. The highest BCUT2D eigenvalue weighted by molar-refractivity contribution is 5.07. The van der Waals surface area contributed by atoms with E-state index in [9.17, 15) is 0 Å². The summed E-state index contributed by atoms with van der Waals surface area (Å²) in [7, 11) is 1.92. The van der Waals surface area contributed by atoms with Crippen LogP contribution in [-0.4, -0.2) is 22.0 Å². The number of rotatable bonds is 5. The largest absolute Gasteiger partial charge is 0.314 e. The Morgan fingerprint density at radius 3 is 2.71 bits per heavy atom. The van der Waals surface area contributed by atoms with E-state index < -0.39 is 0 Å². The molecule has 0 saturated heterocycles. The molecule has 14 heavy (non-hydrogen) atoms. The van der Waals surface area contributed by atoms with Crippen LogP contribution < -0.4 is 5.32 Å². The van der Waals surface area contributed by atoms with E-state index in [1.54, 1.807) is 0 Å². The average Bonchev–Trinajstić information content (AvgIpc) is 2.46. The third-order valence-corrected chi connectivity index (χ3v) is 2.34. The Balaban J connectivity index is 2.60. The highest BCUT2D eigenvalue weighted by Crippen LogP contribution is 2.07. The van der Waals surface area contributed by atoms with Gasteiger partial charge in [0.05, 0.1) is 11.4 Å². The third-order valence-electron chi connectivity index (χ3n) is 2.34. The molecule has 0 aliphatic heterocycles. The van der Waals surface area contributed by atoms with Gasteiger partial charge in [-0.25, -0.2) is 4.68 Å². The standard InChI is InChI=1S/C10H20N4/c1-8(2)5-6-14-9(3)10(7-11-4)12-13-14/h8,11H,5-7H2,1-4H3. The maximum absolute atomic E-state index is 4.13. The van der Waals surface area contributed by atoms with Gasteiger partial charge in [0.25, 0.3) is 0 Å². The molecule has 80 valence electrons. The maximum Gasteiger partial charge on any atom is 0.0993 e. The van der Waals surface area contributed by atoms with E-state index in [4.69, 9.17) is 0 Å². The van der Waals surface area contributed by atoms with Crippen molar-refractivity contribution in [2.24, 2.45) is 5.92 Å². The van der Waals surface area contributed by atoms with Crippen LogP contribution in [0.15, 0.2) is 0 Å². The zero-order chi connectivity index (χ0) is 10.6. The zero-order valence-electron chi connectivity index (χ0n) is 9.54. The van der Waals surface area contributed by atoms with Crippen molar-refractivity contribution >= 4 is 0 Å². The summed E-state index contributed by atoms with van der Waals surface area (Å²) in [6, 6.07) is 0. The molecule has 1 heterocycles. The summed E-state index contributed by atoms with van der Waals surface area (Å²) in [4.78, 5) is 0. The summed E-state index contributed by atoms with van der Waals surface area (Å²) in [5, 5.41) is 11.4. The molecule has 0 aromatic carbocycles. The van der Waals surface area contributed by atoms with E-state index in [1.807, 2.05) is 11.7 Å². The summed E-state index contributed by atoms with van der Waals surface area (Å²) in [6.45, 7) is 8.29. The molecule has 4 nitrogen and oxygen atoms in total. The lowest BCUT2D eigenvalue weighted by molar-refractivity contribution is 0.472. The van der Waals surface area contributed by atoms with Crippen LogP contribution in [0.3, 0.4) is 0 Å². The van der Waals surface area contributed by atoms with Crippen molar-refractivity contribution < 1.29 is 0 Å². The molecular weight excluding hydrogens is 176 g/mol. The zero-order valence-corrected chi connectivity index (χ0v) is 9.54. The van der Waals surface area contributed by atoms with Crippen molar-refractivity contribution in [1.82, 2.24) is 20.3 Å². The van der Waals surface area contributed by atoms with Gasteiger partial charge in [-0.2, -0.15) is 0 Å². The Labute approximate surface area is 85.7 Å². The van der Waals surface area contributed by atoms with Crippen LogP contribution in [0.4, 0.5) is 0 Å². The lowest BCUT2D eigenvalue weighted by Crippen LogP contribution is -2.08. The van der Waals surface area contributed by atoms with Gasteiger partial charge in [-0.15, -0.1) is 5.10 Å². The molecule has 1 rings (SSSR count). The van der Waals surface area contributed by atoms with Crippen LogP contribution in [0, 0.1) is 12.8 Å². The Bertz CT molecular complexity index is 278. The highest BCUT2D eigenvalue weighted by Gasteiger charge is 2.07. The fourth-order valence-electron chi connectivity index (χ4n) is 1.32. The number of hydrogen-bond donors (Lipinski definition) is 1.